The van der Waals surface area contributed by atoms with Gasteiger partial charge in [-0.1, -0.05) is 13.3 Å². The number of rotatable bonds is 5. The fraction of sp³-hybridized carbons (Fsp3) is 0.611. The van der Waals surface area contributed by atoms with Crippen LogP contribution in [0.2, 0.25) is 0 Å². The van der Waals surface area contributed by atoms with Gasteiger partial charge in [0.15, 0.2) is 0 Å². The van der Waals surface area contributed by atoms with Crippen molar-refractivity contribution < 1.29 is 14.3 Å². The van der Waals surface area contributed by atoms with Gasteiger partial charge in [0.2, 0.25) is 0 Å². The Labute approximate surface area is 142 Å². The molecule has 6 heteroatoms. The highest BCUT2D eigenvalue weighted by molar-refractivity contribution is 5.97. The van der Waals surface area contributed by atoms with Crippen molar-refractivity contribution in [3.05, 3.63) is 33.2 Å². The average Bonchev–Trinajstić information content (AvgIpc) is 3.06. The lowest BCUT2D eigenvalue weighted by molar-refractivity contribution is -0.145. The van der Waals surface area contributed by atoms with Crippen molar-refractivity contribution in [1.29, 1.82) is 0 Å². The molecule has 0 unspecified atom stereocenters. The maximum absolute atomic E-state index is 12.9. The number of esters is 1. The van der Waals surface area contributed by atoms with Gasteiger partial charge in [-0.25, -0.2) is 4.79 Å². The number of aromatic nitrogens is 1. The Morgan fingerprint density at radius 1 is 1.33 bits per heavy atom. The number of hydrogen-bond acceptors (Lipinski definition) is 4. The molecule has 24 heavy (non-hydrogen) atoms. The Morgan fingerprint density at radius 3 is 2.67 bits per heavy atom. The smallest absolute Gasteiger partial charge is 0.328 e. The minimum atomic E-state index is -0.590. The number of hydrogen-bond donors (Lipinski definition) is 0. The monoisotopic (exact) mass is 334 g/mol. The van der Waals surface area contributed by atoms with Gasteiger partial charge >= 0.3 is 5.97 Å². The molecule has 2 rings (SSSR count). The topological polar surface area (TPSA) is 68.6 Å². The van der Waals surface area contributed by atoms with Gasteiger partial charge in [0, 0.05) is 18.8 Å². The number of pyridine rings is 1. The summed E-state index contributed by atoms with van der Waals surface area (Å²) < 4.78 is 6.46. The van der Waals surface area contributed by atoms with Crippen LogP contribution in [0.15, 0.2) is 10.9 Å². The second-order valence-corrected chi connectivity index (χ2v) is 6.32. The summed E-state index contributed by atoms with van der Waals surface area (Å²) in [7, 11) is 1.32. The lowest BCUT2D eigenvalue weighted by atomic mass is 10.1. The predicted molar refractivity (Wildman–Crippen MR) is 91.2 cm³/mol. The van der Waals surface area contributed by atoms with Crippen LogP contribution in [0.25, 0.3) is 0 Å². The minimum absolute atomic E-state index is 0.144. The fourth-order valence-corrected chi connectivity index (χ4v) is 3.18. The van der Waals surface area contributed by atoms with E-state index in [0.29, 0.717) is 19.5 Å². The Bertz CT molecular complexity index is 693. The summed E-state index contributed by atoms with van der Waals surface area (Å²) in [6.45, 7) is 6.93. The predicted octanol–water partition coefficient (Wildman–Crippen LogP) is 2.04. The number of amides is 1. The van der Waals surface area contributed by atoms with Gasteiger partial charge < -0.3 is 14.2 Å². The molecule has 1 aliphatic rings. The molecular formula is C18H26N2O4. The summed E-state index contributed by atoms with van der Waals surface area (Å²) in [6, 6.07) is 1.06. The van der Waals surface area contributed by atoms with Crippen molar-refractivity contribution in [2.75, 3.05) is 13.7 Å². The van der Waals surface area contributed by atoms with E-state index in [0.717, 1.165) is 30.5 Å². The molecule has 0 bridgehead atoms. The van der Waals surface area contributed by atoms with E-state index in [4.69, 9.17) is 4.74 Å². The third-order valence-corrected chi connectivity index (χ3v) is 4.76. The zero-order valence-electron chi connectivity index (χ0n) is 14.9. The van der Waals surface area contributed by atoms with E-state index in [1.54, 1.807) is 10.6 Å². The molecule has 0 saturated carbocycles. The first kappa shape index (κ1) is 18.2. The maximum atomic E-state index is 12.9. The Balaban J connectivity index is 2.41. The number of unbranched alkanes of at least 4 members (excludes halogenated alkanes) is 1. The zero-order valence-corrected chi connectivity index (χ0v) is 14.9. The highest BCUT2D eigenvalue weighted by Gasteiger charge is 2.36. The summed E-state index contributed by atoms with van der Waals surface area (Å²) >= 11 is 0. The standard InChI is InChI=1S/C18H26N2O4/c1-5-6-9-19-13(3)12(2)11-14(16(19)21)17(22)20-10-7-8-15(20)18(23)24-4/h11,15H,5-10H2,1-4H3/t15-/m1/s1. The van der Waals surface area contributed by atoms with Gasteiger partial charge in [0.25, 0.3) is 11.5 Å². The van der Waals surface area contributed by atoms with Gasteiger partial charge in [-0.15, -0.1) is 0 Å². The number of carbonyl (C=O) groups excluding carboxylic acids is 2. The van der Waals surface area contributed by atoms with Crippen LogP contribution in [0.3, 0.4) is 0 Å². The van der Waals surface area contributed by atoms with E-state index in [1.165, 1.54) is 12.0 Å². The van der Waals surface area contributed by atoms with Crippen LogP contribution in [0.4, 0.5) is 0 Å². The Morgan fingerprint density at radius 2 is 2.04 bits per heavy atom. The van der Waals surface area contributed by atoms with Crippen LogP contribution >= 0.6 is 0 Å². The van der Waals surface area contributed by atoms with Gasteiger partial charge in [0.1, 0.15) is 11.6 Å². The third-order valence-electron chi connectivity index (χ3n) is 4.76. The molecule has 1 saturated heterocycles. The summed E-state index contributed by atoms with van der Waals surface area (Å²) in [6.07, 6.45) is 3.17. The lowest BCUT2D eigenvalue weighted by Crippen LogP contribution is -2.44. The van der Waals surface area contributed by atoms with Crippen LogP contribution in [-0.4, -0.2) is 41.0 Å². The lowest BCUT2D eigenvalue weighted by Gasteiger charge is -2.23. The van der Waals surface area contributed by atoms with E-state index in [-0.39, 0.29) is 17.0 Å². The first-order chi connectivity index (χ1) is 11.4. The van der Waals surface area contributed by atoms with Crippen molar-refractivity contribution >= 4 is 11.9 Å². The molecule has 1 aromatic heterocycles. The van der Waals surface area contributed by atoms with Crippen LogP contribution < -0.4 is 5.56 Å². The molecule has 1 atom stereocenters. The van der Waals surface area contributed by atoms with Crippen LogP contribution in [0.1, 0.15) is 54.2 Å². The fourth-order valence-electron chi connectivity index (χ4n) is 3.18. The normalized spacial score (nSPS) is 17.2. The second kappa shape index (κ2) is 7.64. The number of carbonyl (C=O) groups is 2. The summed E-state index contributed by atoms with van der Waals surface area (Å²) in [5, 5.41) is 0. The molecule has 6 nitrogen and oxygen atoms in total. The first-order valence-electron chi connectivity index (χ1n) is 8.52. The number of methoxy groups -OCH3 is 1. The Kier molecular flexibility index (Phi) is 5.80. The van der Waals surface area contributed by atoms with Crippen molar-refractivity contribution in [2.24, 2.45) is 0 Å². The van der Waals surface area contributed by atoms with E-state index in [9.17, 15) is 14.4 Å². The van der Waals surface area contributed by atoms with E-state index < -0.39 is 12.0 Å². The van der Waals surface area contributed by atoms with E-state index in [2.05, 4.69) is 6.92 Å². The summed E-state index contributed by atoms with van der Waals surface area (Å²) in [5.41, 5.74) is 1.66. The van der Waals surface area contributed by atoms with Gasteiger partial charge in [-0.2, -0.15) is 0 Å². The molecule has 0 radical (unpaired) electrons. The third kappa shape index (κ3) is 3.37. The number of aryl methyl sites for hydroxylation is 1. The molecule has 0 N–H and O–H groups in total. The quantitative estimate of drug-likeness (QED) is 0.773. The van der Waals surface area contributed by atoms with Crippen LogP contribution in [0.5, 0.6) is 0 Å². The number of nitrogens with zero attached hydrogens (tertiary/aromatic N) is 2. The number of ether oxygens (including phenoxy) is 1. The second-order valence-electron chi connectivity index (χ2n) is 6.32. The van der Waals surface area contributed by atoms with Gasteiger partial charge in [-0.3, -0.25) is 9.59 Å². The summed E-state index contributed by atoms with van der Waals surface area (Å²) in [5.74, 6) is -0.794. The van der Waals surface area contributed by atoms with Crippen molar-refractivity contribution in [2.45, 2.75) is 59.0 Å². The molecule has 0 spiro atoms. The average molecular weight is 334 g/mol. The van der Waals surface area contributed by atoms with Crippen LogP contribution in [-0.2, 0) is 16.1 Å². The molecule has 2 heterocycles. The van der Waals surface area contributed by atoms with Crippen molar-refractivity contribution in [1.82, 2.24) is 9.47 Å². The molecular weight excluding hydrogens is 308 g/mol. The van der Waals surface area contributed by atoms with E-state index >= 15 is 0 Å². The van der Waals surface area contributed by atoms with Crippen molar-refractivity contribution in [3.63, 3.8) is 0 Å². The molecule has 132 valence electrons. The minimum Gasteiger partial charge on any atom is -0.467 e. The van der Waals surface area contributed by atoms with Crippen LogP contribution in [0, 0.1) is 13.8 Å². The molecule has 1 aromatic rings. The van der Waals surface area contributed by atoms with E-state index in [1.807, 2.05) is 13.8 Å². The largest absolute Gasteiger partial charge is 0.467 e. The number of likely N-dealkylation sites (tertiary alicyclic amines) is 1. The van der Waals surface area contributed by atoms with Gasteiger partial charge in [-0.05, 0) is 44.7 Å². The first-order valence-corrected chi connectivity index (χ1v) is 8.52. The SMILES string of the molecule is CCCCn1c(C)c(C)cc(C(=O)N2CCC[C@@H]2C(=O)OC)c1=O. The zero-order chi connectivity index (χ0) is 17.9. The molecule has 0 aliphatic carbocycles. The van der Waals surface area contributed by atoms with Crippen molar-refractivity contribution in [3.8, 4) is 0 Å². The molecule has 0 aromatic carbocycles. The molecule has 1 amide bonds. The summed E-state index contributed by atoms with van der Waals surface area (Å²) in [4.78, 5) is 39.0. The Hall–Kier alpha value is -2.11. The molecule has 1 fully saturated rings. The van der Waals surface area contributed by atoms with Gasteiger partial charge in [0.05, 0.1) is 7.11 Å². The highest BCUT2D eigenvalue weighted by atomic mass is 16.5. The molecule has 1 aliphatic heterocycles. The highest BCUT2D eigenvalue weighted by Crippen LogP contribution is 2.21. The maximum Gasteiger partial charge on any atom is 0.328 e.